The lowest BCUT2D eigenvalue weighted by Crippen LogP contribution is -2.15. The first kappa shape index (κ1) is 16.5. The Bertz CT molecular complexity index is 585. The van der Waals surface area contributed by atoms with Crippen molar-refractivity contribution in [3.8, 4) is 5.75 Å². The molecule has 2 nitrogen and oxygen atoms in total. The largest absolute Gasteiger partial charge is 0.489 e. The molecule has 0 aliphatic heterocycles. The molecule has 0 fully saturated rings. The van der Waals surface area contributed by atoms with E-state index < -0.39 is 0 Å². The standard InChI is InChI=1S/C17H19Br2NO/c1-12(2)21-17-14(8-15(18)9-16(17)19)11-20-10-13-6-4-3-5-7-13/h3-9,12,20H,10-11H2,1-2H3. The maximum atomic E-state index is 5.93. The van der Waals surface area contributed by atoms with Crippen LogP contribution in [0.4, 0.5) is 0 Å². The summed E-state index contributed by atoms with van der Waals surface area (Å²) in [4.78, 5) is 0. The summed E-state index contributed by atoms with van der Waals surface area (Å²) in [5.41, 5.74) is 2.42. The zero-order chi connectivity index (χ0) is 15.2. The van der Waals surface area contributed by atoms with E-state index in [0.29, 0.717) is 0 Å². The molecule has 21 heavy (non-hydrogen) atoms. The fraction of sp³-hybridized carbons (Fsp3) is 0.294. The number of ether oxygens (including phenoxy) is 1. The Labute approximate surface area is 143 Å². The van der Waals surface area contributed by atoms with E-state index in [-0.39, 0.29) is 6.10 Å². The SMILES string of the molecule is CC(C)Oc1c(Br)cc(Br)cc1CNCc1ccccc1. The third-order valence-electron chi connectivity index (χ3n) is 2.93. The van der Waals surface area contributed by atoms with E-state index in [1.54, 1.807) is 0 Å². The fourth-order valence-corrected chi connectivity index (χ4v) is 3.46. The molecule has 2 aromatic carbocycles. The zero-order valence-electron chi connectivity index (χ0n) is 12.2. The van der Waals surface area contributed by atoms with Crippen LogP contribution < -0.4 is 10.1 Å². The molecule has 4 heteroatoms. The highest BCUT2D eigenvalue weighted by Crippen LogP contribution is 2.33. The van der Waals surface area contributed by atoms with E-state index in [1.807, 2.05) is 26.0 Å². The van der Waals surface area contributed by atoms with Crippen LogP contribution in [0, 0.1) is 0 Å². The Morgan fingerprint density at radius 1 is 1.05 bits per heavy atom. The van der Waals surface area contributed by atoms with Crippen LogP contribution in [0.25, 0.3) is 0 Å². The number of hydrogen-bond acceptors (Lipinski definition) is 2. The molecule has 0 saturated carbocycles. The number of nitrogens with one attached hydrogen (secondary N) is 1. The molecule has 0 aromatic heterocycles. The molecule has 2 aromatic rings. The molecule has 0 spiro atoms. The molecule has 0 aliphatic rings. The Morgan fingerprint density at radius 3 is 2.43 bits per heavy atom. The van der Waals surface area contributed by atoms with Gasteiger partial charge in [0.1, 0.15) is 5.75 Å². The normalized spacial score (nSPS) is 10.9. The molecule has 0 heterocycles. The third kappa shape index (κ3) is 5.13. The van der Waals surface area contributed by atoms with Crippen molar-refractivity contribution >= 4 is 31.9 Å². The highest BCUT2D eigenvalue weighted by molar-refractivity contribution is 9.11. The molecule has 0 unspecified atom stereocenters. The van der Waals surface area contributed by atoms with Gasteiger partial charge in [0, 0.05) is 23.1 Å². The van der Waals surface area contributed by atoms with Crippen LogP contribution in [0.2, 0.25) is 0 Å². The van der Waals surface area contributed by atoms with Gasteiger partial charge in [-0.15, -0.1) is 0 Å². The highest BCUT2D eigenvalue weighted by atomic mass is 79.9. The monoisotopic (exact) mass is 411 g/mol. The van der Waals surface area contributed by atoms with Crippen LogP contribution in [0.15, 0.2) is 51.4 Å². The van der Waals surface area contributed by atoms with E-state index in [1.165, 1.54) is 5.56 Å². The predicted molar refractivity (Wildman–Crippen MR) is 94.6 cm³/mol. The summed E-state index contributed by atoms with van der Waals surface area (Å²) in [7, 11) is 0. The fourth-order valence-electron chi connectivity index (χ4n) is 2.05. The summed E-state index contributed by atoms with van der Waals surface area (Å²) >= 11 is 7.12. The van der Waals surface area contributed by atoms with E-state index in [2.05, 4.69) is 67.5 Å². The lowest BCUT2D eigenvalue weighted by Gasteiger charge is -2.17. The van der Waals surface area contributed by atoms with Gasteiger partial charge >= 0.3 is 0 Å². The first-order valence-electron chi connectivity index (χ1n) is 6.95. The third-order valence-corrected chi connectivity index (χ3v) is 3.97. The Kier molecular flexibility index (Phi) is 6.27. The molecule has 2 rings (SSSR count). The second-order valence-electron chi connectivity index (χ2n) is 5.13. The summed E-state index contributed by atoms with van der Waals surface area (Å²) in [6.07, 6.45) is 0.148. The van der Waals surface area contributed by atoms with Crippen molar-refractivity contribution in [3.05, 3.63) is 62.5 Å². The molecular formula is C17H19Br2NO. The quantitative estimate of drug-likeness (QED) is 0.695. The highest BCUT2D eigenvalue weighted by Gasteiger charge is 2.11. The first-order valence-corrected chi connectivity index (χ1v) is 8.54. The molecular weight excluding hydrogens is 394 g/mol. The second kappa shape index (κ2) is 7.97. The van der Waals surface area contributed by atoms with Gasteiger partial charge in [0.2, 0.25) is 0 Å². The van der Waals surface area contributed by atoms with Crippen molar-refractivity contribution < 1.29 is 4.74 Å². The lowest BCUT2D eigenvalue weighted by molar-refractivity contribution is 0.238. The average Bonchev–Trinajstić information content (AvgIpc) is 2.43. The summed E-state index contributed by atoms with van der Waals surface area (Å²) < 4.78 is 7.94. The first-order chi connectivity index (χ1) is 10.1. The smallest absolute Gasteiger partial charge is 0.138 e. The second-order valence-corrected chi connectivity index (χ2v) is 6.90. The summed E-state index contributed by atoms with van der Waals surface area (Å²) in [5.74, 6) is 0.911. The van der Waals surface area contributed by atoms with Gasteiger partial charge < -0.3 is 10.1 Å². The average molecular weight is 413 g/mol. The molecule has 1 N–H and O–H groups in total. The molecule has 0 atom stereocenters. The molecule has 0 saturated heterocycles. The van der Waals surface area contributed by atoms with Crippen LogP contribution in [0.5, 0.6) is 5.75 Å². The summed E-state index contributed by atoms with van der Waals surface area (Å²) in [6.45, 7) is 5.67. The Morgan fingerprint density at radius 2 is 1.76 bits per heavy atom. The van der Waals surface area contributed by atoms with Crippen molar-refractivity contribution in [1.29, 1.82) is 0 Å². The van der Waals surface area contributed by atoms with Crippen molar-refractivity contribution in [2.45, 2.75) is 33.0 Å². The van der Waals surface area contributed by atoms with Gasteiger partial charge in [0.05, 0.1) is 10.6 Å². The van der Waals surface area contributed by atoms with Gasteiger partial charge in [-0.3, -0.25) is 0 Å². The van der Waals surface area contributed by atoms with Crippen molar-refractivity contribution in [1.82, 2.24) is 5.32 Å². The van der Waals surface area contributed by atoms with E-state index in [4.69, 9.17) is 4.74 Å². The zero-order valence-corrected chi connectivity index (χ0v) is 15.4. The van der Waals surface area contributed by atoms with Crippen LogP contribution in [0.1, 0.15) is 25.0 Å². The van der Waals surface area contributed by atoms with Crippen LogP contribution in [0.3, 0.4) is 0 Å². The molecule has 0 amide bonds. The van der Waals surface area contributed by atoms with Gasteiger partial charge in [0.25, 0.3) is 0 Å². The van der Waals surface area contributed by atoms with Gasteiger partial charge in [-0.1, -0.05) is 46.3 Å². The maximum Gasteiger partial charge on any atom is 0.138 e. The van der Waals surface area contributed by atoms with Crippen molar-refractivity contribution in [2.75, 3.05) is 0 Å². The number of hydrogen-bond donors (Lipinski definition) is 1. The van der Waals surface area contributed by atoms with E-state index in [9.17, 15) is 0 Å². The molecule has 0 bridgehead atoms. The predicted octanol–water partition coefficient (Wildman–Crippen LogP) is 5.29. The van der Waals surface area contributed by atoms with Gasteiger partial charge in [-0.05, 0) is 47.5 Å². The molecule has 0 radical (unpaired) electrons. The number of benzene rings is 2. The molecule has 112 valence electrons. The minimum atomic E-state index is 0.148. The Balaban J connectivity index is 2.07. The van der Waals surface area contributed by atoms with E-state index in [0.717, 1.165) is 33.3 Å². The lowest BCUT2D eigenvalue weighted by atomic mass is 10.2. The molecule has 0 aliphatic carbocycles. The minimum absolute atomic E-state index is 0.148. The topological polar surface area (TPSA) is 21.3 Å². The summed E-state index contributed by atoms with van der Waals surface area (Å²) in [5, 5.41) is 3.46. The number of halogens is 2. The van der Waals surface area contributed by atoms with E-state index >= 15 is 0 Å². The van der Waals surface area contributed by atoms with Gasteiger partial charge in [-0.2, -0.15) is 0 Å². The van der Waals surface area contributed by atoms with Crippen molar-refractivity contribution in [3.63, 3.8) is 0 Å². The maximum absolute atomic E-state index is 5.93. The Hall–Kier alpha value is -0.840. The van der Waals surface area contributed by atoms with Gasteiger partial charge in [-0.25, -0.2) is 0 Å². The van der Waals surface area contributed by atoms with Gasteiger partial charge in [0.15, 0.2) is 0 Å². The van der Waals surface area contributed by atoms with Crippen LogP contribution in [-0.4, -0.2) is 6.10 Å². The van der Waals surface area contributed by atoms with Crippen LogP contribution >= 0.6 is 31.9 Å². The van der Waals surface area contributed by atoms with Crippen LogP contribution in [-0.2, 0) is 13.1 Å². The number of rotatable bonds is 6. The minimum Gasteiger partial charge on any atom is -0.489 e. The summed E-state index contributed by atoms with van der Waals surface area (Å²) in [6, 6.07) is 14.5. The van der Waals surface area contributed by atoms with Crippen molar-refractivity contribution in [2.24, 2.45) is 0 Å².